The molecule has 0 radical (unpaired) electrons. The first-order valence-corrected chi connectivity index (χ1v) is 8.39. The van der Waals surface area contributed by atoms with Gasteiger partial charge in [-0.25, -0.2) is 14.3 Å². The van der Waals surface area contributed by atoms with Crippen molar-refractivity contribution in [2.75, 3.05) is 17.2 Å². The summed E-state index contributed by atoms with van der Waals surface area (Å²) in [6.07, 6.45) is 4.11. The van der Waals surface area contributed by atoms with Gasteiger partial charge in [0.05, 0.1) is 12.3 Å². The van der Waals surface area contributed by atoms with Gasteiger partial charge in [-0.2, -0.15) is 5.10 Å². The molecule has 1 saturated carbocycles. The van der Waals surface area contributed by atoms with E-state index in [1.54, 1.807) is 16.6 Å². The van der Waals surface area contributed by atoms with Crippen LogP contribution in [-0.2, 0) is 0 Å². The Balaban J connectivity index is 1.47. The van der Waals surface area contributed by atoms with E-state index in [0.29, 0.717) is 29.5 Å². The highest BCUT2D eigenvalue weighted by molar-refractivity contribution is 6.01. The summed E-state index contributed by atoms with van der Waals surface area (Å²) in [5, 5.41) is 10.1. The minimum absolute atomic E-state index is 0.326. The SMILES string of the molecule is CCOc1ccc(NC(=O)Nc2cccn3nc(C4CC4)nc23)cc1. The fourth-order valence-electron chi connectivity index (χ4n) is 2.62. The molecule has 4 rings (SSSR count). The number of hydrogen-bond acceptors (Lipinski definition) is 4. The lowest BCUT2D eigenvalue weighted by molar-refractivity contribution is 0.262. The molecular formula is C18H19N5O2. The van der Waals surface area contributed by atoms with E-state index in [4.69, 9.17) is 4.74 Å². The summed E-state index contributed by atoms with van der Waals surface area (Å²) < 4.78 is 7.10. The number of carbonyl (C=O) groups is 1. The number of hydrogen-bond donors (Lipinski definition) is 2. The van der Waals surface area contributed by atoms with Gasteiger partial charge in [0, 0.05) is 17.8 Å². The maximum atomic E-state index is 12.3. The molecule has 7 nitrogen and oxygen atoms in total. The summed E-state index contributed by atoms with van der Waals surface area (Å²) in [5.41, 5.74) is 1.98. The zero-order valence-electron chi connectivity index (χ0n) is 13.9. The molecule has 7 heteroatoms. The lowest BCUT2D eigenvalue weighted by Gasteiger charge is -2.09. The highest BCUT2D eigenvalue weighted by atomic mass is 16.5. The topological polar surface area (TPSA) is 80.5 Å². The second-order valence-corrected chi connectivity index (χ2v) is 5.97. The van der Waals surface area contributed by atoms with Crippen LogP contribution in [0.4, 0.5) is 16.2 Å². The molecule has 2 N–H and O–H groups in total. The molecule has 0 bridgehead atoms. The fraction of sp³-hybridized carbons (Fsp3) is 0.278. The molecule has 0 spiro atoms. The summed E-state index contributed by atoms with van der Waals surface area (Å²) >= 11 is 0. The van der Waals surface area contributed by atoms with E-state index in [2.05, 4.69) is 20.7 Å². The Hall–Kier alpha value is -3.09. The second kappa shape index (κ2) is 6.43. The minimum atomic E-state index is -0.326. The minimum Gasteiger partial charge on any atom is -0.494 e. The van der Waals surface area contributed by atoms with E-state index in [1.165, 1.54) is 0 Å². The summed E-state index contributed by atoms with van der Waals surface area (Å²) in [4.78, 5) is 16.8. The number of pyridine rings is 1. The number of nitrogens with zero attached hydrogens (tertiary/aromatic N) is 3. The van der Waals surface area contributed by atoms with Crippen LogP contribution in [-0.4, -0.2) is 27.2 Å². The number of fused-ring (bicyclic) bond motifs is 1. The zero-order valence-corrected chi connectivity index (χ0v) is 13.9. The van der Waals surface area contributed by atoms with Gasteiger partial charge in [0.25, 0.3) is 0 Å². The van der Waals surface area contributed by atoms with Crippen molar-refractivity contribution in [3.05, 3.63) is 48.4 Å². The smallest absolute Gasteiger partial charge is 0.323 e. The number of amides is 2. The molecule has 128 valence electrons. The summed E-state index contributed by atoms with van der Waals surface area (Å²) in [6.45, 7) is 2.54. The van der Waals surface area contributed by atoms with Gasteiger partial charge in [-0.1, -0.05) is 0 Å². The number of anilines is 2. The van der Waals surface area contributed by atoms with Gasteiger partial charge < -0.3 is 15.4 Å². The van der Waals surface area contributed by atoms with E-state index in [0.717, 1.165) is 24.4 Å². The number of aromatic nitrogens is 3. The van der Waals surface area contributed by atoms with Crippen LogP contribution >= 0.6 is 0 Å². The van der Waals surface area contributed by atoms with Crippen LogP contribution in [0.25, 0.3) is 5.65 Å². The third-order valence-corrected chi connectivity index (χ3v) is 3.99. The summed E-state index contributed by atoms with van der Waals surface area (Å²) in [5.74, 6) is 2.08. The standard InChI is InChI=1S/C18H19N5O2/c1-2-25-14-9-7-13(8-10-14)19-18(24)20-15-4-3-11-23-17(15)21-16(22-23)12-5-6-12/h3-4,7-12H,2,5-6H2,1H3,(H2,19,20,24). The van der Waals surface area contributed by atoms with Gasteiger partial charge >= 0.3 is 6.03 Å². The lowest BCUT2D eigenvalue weighted by Crippen LogP contribution is -2.19. The number of carbonyl (C=O) groups excluding carboxylic acids is 1. The Morgan fingerprint density at radius 2 is 2.04 bits per heavy atom. The Kier molecular flexibility index (Phi) is 3.97. The molecule has 2 amide bonds. The number of nitrogens with one attached hydrogen (secondary N) is 2. The lowest BCUT2D eigenvalue weighted by atomic mass is 10.3. The van der Waals surface area contributed by atoms with Gasteiger partial charge in [-0.05, 0) is 56.2 Å². The van der Waals surface area contributed by atoms with Crippen molar-refractivity contribution in [2.24, 2.45) is 0 Å². The maximum Gasteiger partial charge on any atom is 0.323 e. The van der Waals surface area contributed by atoms with Crippen molar-refractivity contribution in [1.29, 1.82) is 0 Å². The molecule has 2 heterocycles. The molecule has 1 fully saturated rings. The average molecular weight is 337 g/mol. The van der Waals surface area contributed by atoms with Gasteiger partial charge in [-0.15, -0.1) is 0 Å². The third-order valence-electron chi connectivity index (χ3n) is 3.99. The zero-order chi connectivity index (χ0) is 17.2. The fourth-order valence-corrected chi connectivity index (χ4v) is 2.62. The number of urea groups is 1. The predicted octanol–water partition coefficient (Wildman–Crippen LogP) is 3.65. The summed E-state index contributed by atoms with van der Waals surface area (Å²) in [7, 11) is 0. The molecule has 3 aromatic rings. The molecular weight excluding hydrogens is 318 g/mol. The van der Waals surface area contributed by atoms with Crippen LogP contribution in [0.5, 0.6) is 5.75 Å². The van der Waals surface area contributed by atoms with Crippen LogP contribution in [0.2, 0.25) is 0 Å². The molecule has 0 atom stereocenters. The van der Waals surface area contributed by atoms with Crippen molar-refractivity contribution in [3.8, 4) is 5.75 Å². The Morgan fingerprint density at radius 1 is 1.24 bits per heavy atom. The van der Waals surface area contributed by atoms with Crippen molar-refractivity contribution < 1.29 is 9.53 Å². The van der Waals surface area contributed by atoms with Crippen molar-refractivity contribution in [2.45, 2.75) is 25.7 Å². The first kappa shape index (κ1) is 15.4. The quantitative estimate of drug-likeness (QED) is 0.745. The first-order valence-electron chi connectivity index (χ1n) is 8.39. The van der Waals surface area contributed by atoms with E-state index < -0.39 is 0 Å². The Labute approximate surface area is 145 Å². The van der Waals surface area contributed by atoms with E-state index in [9.17, 15) is 4.79 Å². The number of rotatable bonds is 5. The van der Waals surface area contributed by atoms with E-state index in [-0.39, 0.29) is 6.03 Å². The molecule has 2 aromatic heterocycles. The van der Waals surface area contributed by atoms with Crippen LogP contribution in [0, 0.1) is 0 Å². The summed E-state index contributed by atoms with van der Waals surface area (Å²) in [6, 6.07) is 10.6. The Bertz CT molecular complexity index is 899. The molecule has 1 aromatic carbocycles. The first-order chi connectivity index (χ1) is 12.2. The monoisotopic (exact) mass is 337 g/mol. The number of ether oxygens (including phenoxy) is 1. The average Bonchev–Trinajstić information content (AvgIpc) is 3.36. The number of benzene rings is 1. The highest BCUT2D eigenvalue weighted by Gasteiger charge is 2.28. The van der Waals surface area contributed by atoms with Gasteiger partial charge in [0.1, 0.15) is 5.75 Å². The third kappa shape index (κ3) is 3.40. The molecule has 0 aliphatic heterocycles. The Morgan fingerprint density at radius 3 is 2.76 bits per heavy atom. The molecule has 1 aliphatic carbocycles. The molecule has 0 unspecified atom stereocenters. The van der Waals surface area contributed by atoms with Crippen LogP contribution < -0.4 is 15.4 Å². The van der Waals surface area contributed by atoms with Crippen molar-refractivity contribution in [1.82, 2.24) is 14.6 Å². The van der Waals surface area contributed by atoms with Crippen LogP contribution in [0.3, 0.4) is 0 Å². The molecule has 1 aliphatic rings. The highest BCUT2D eigenvalue weighted by Crippen LogP contribution is 2.38. The predicted molar refractivity (Wildman–Crippen MR) is 95.2 cm³/mol. The van der Waals surface area contributed by atoms with Gasteiger partial charge in [0.2, 0.25) is 0 Å². The largest absolute Gasteiger partial charge is 0.494 e. The molecule has 0 saturated heterocycles. The van der Waals surface area contributed by atoms with E-state index in [1.807, 2.05) is 37.4 Å². The molecule has 25 heavy (non-hydrogen) atoms. The van der Waals surface area contributed by atoms with Crippen molar-refractivity contribution >= 4 is 23.1 Å². The van der Waals surface area contributed by atoms with Crippen LogP contribution in [0.1, 0.15) is 31.5 Å². The maximum absolute atomic E-state index is 12.3. The van der Waals surface area contributed by atoms with E-state index >= 15 is 0 Å². The second-order valence-electron chi connectivity index (χ2n) is 5.97. The normalized spacial score (nSPS) is 13.6. The van der Waals surface area contributed by atoms with Gasteiger partial charge in [-0.3, -0.25) is 0 Å². The van der Waals surface area contributed by atoms with Gasteiger partial charge in [0.15, 0.2) is 11.5 Å². The van der Waals surface area contributed by atoms with Crippen molar-refractivity contribution in [3.63, 3.8) is 0 Å². The van der Waals surface area contributed by atoms with Crippen LogP contribution in [0.15, 0.2) is 42.6 Å².